The molecule has 0 aliphatic heterocycles. The van der Waals surface area contributed by atoms with Crippen molar-refractivity contribution in [2.75, 3.05) is 6.54 Å². The Morgan fingerprint density at radius 3 is 1.97 bits per heavy atom. The largest absolute Gasteiger partial charge is 0.480 e. The molecule has 4 unspecified atom stereocenters. The van der Waals surface area contributed by atoms with Crippen LogP contribution in [0.5, 0.6) is 0 Å². The average Bonchev–Trinajstić information content (AvgIpc) is 2.77. The van der Waals surface area contributed by atoms with Gasteiger partial charge in [0.15, 0.2) is 0 Å². The third-order valence-electron chi connectivity index (χ3n) is 4.93. The highest BCUT2D eigenvalue weighted by atomic mass is 16.4. The molecule has 4 atom stereocenters. The summed E-state index contributed by atoms with van der Waals surface area (Å²) in [5, 5.41) is 16.8. The van der Waals surface area contributed by atoms with Crippen molar-refractivity contribution in [1.29, 1.82) is 0 Å². The Balaban J connectivity index is 2.99. The fourth-order valence-corrected chi connectivity index (χ4v) is 3.07. The van der Waals surface area contributed by atoms with Gasteiger partial charge >= 0.3 is 5.97 Å². The normalized spacial score (nSPS) is 14.2. The second-order valence-electron chi connectivity index (χ2n) is 7.96. The molecule has 0 aliphatic rings. The predicted octanol–water partition coefficient (Wildman–Crippen LogP) is -1.88. The lowest BCUT2D eigenvalue weighted by Crippen LogP contribution is -2.57. The molecule has 1 aromatic carbocycles. The second kappa shape index (κ2) is 14.6. The van der Waals surface area contributed by atoms with Crippen LogP contribution in [0.2, 0.25) is 0 Å². The van der Waals surface area contributed by atoms with Gasteiger partial charge in [-0.15, -0.1) is 0 Å². The van der Waals surface area contributed by atoms with Gasteiger partial charge in [-0.1, -0.05) is 30.3 Å². The Kier molecular flexibility index (Phi) is 12.2. The molecule has 0 aromatic heterocycles. The zero-order valence-electron chi connectivity index (χ0n) is 19.2. The van der Waals surface area contributed by atoms with Gasteiger partial charge < -0.3 is 38.3 Å². The van der Waals surface area contributed by atoms with Crippen LogP contribution in [-0.2, 0) is 30.4 Å². The lowest BCUT2D eigenvalue weighted by molar-refractivity contribution is -0.142. The van der Waals surface area contributed by atoms with Crippen LogP contribution in [0.4, 0.5) is 0 Å². The van der Waals surface area contributed by atoms with Crippen molar-refractivity contribution < 1.29 is 29.1 Å². The van der Waals surface area contributed by atoms with E-state index < -0.39 is 60.2 Å². The van der Waals surface area contributed by atoms with Crippen molar-refractivity contribution in [2.24, 2.45) is 17.2 Å². The fraction of sp³-hybridized carbons (Fsp3) is 0.500. The van der Waals surface area contributed by atoms with Crippen LogP contribution < -0.4 is 33.2 Å². The molecule has 0 fully saturated rings. The van der Waals surface area contributed by atoms with E-state index in [4.69, 9.17) is 17.2 Å². The quantitative estimate of drug-likeness (QED) is 0.141. The summed E-state index contributed by atoms with van der Waals surface area (Å²) in [6.07, 6.45) is 0.737. The first-order chi connectivity index (χ1) is 16.0. The lowest BCUT2D eigenvalue weighted by atomic mass is 10.0. The number of carboxylic acids is 1. The maximum atomic E-state index is 12.9. The van der Waals surface area contributed by atoms with Crippen LogP contribution in [0.25, 0.3) is 0 Å². The molecule has 12 heteroatoms. The number of unbranched alkanes of at least 4 members (excludes halogenated alkanes) is 1. The first kappa shape index (κ1) is 28.5. The van der Waals surface area contributed by atoms with Crippen molar-refractivity contribution in [2.45, 2.75) is 63.2 Å². The first-order valence-electron chi connectivity index (χ1n) is 11.0. The van der Waals surface area contributed by atoms with E-state index in [9.17, 15) is 29.1 Å². The van der Waals surface area contributed by atoms with E-state index in [1.165, 1.54) is 6.92 Å². The molecule has 0 heterocycles. The number of hydrogen-bond donors (Lipinski definition) is 7. The minimum absolute atomic E-state index is 0.0418. The number of carbonyl (C=O) groups is 5. The van der Waals surface area contributed by atoms with Crippen LogP contribution in [0.1, 0.15) is 38.2 Å². The summed E-state index contributed by atoms with van der Waals surface area (Å²) in [6, 6.07) is 4.11. The number of aliphatic carboxylic acids is 1. The van der Waals surface area contributed by atoms with Crippen molar-refractivity contribution in [3.63, 3.8) is 0 Å². The molecule has 1 rings (SSSR count). The van der Waals surface area contributed by atoms with E-state index in [1.54, 1.807) is 30.3 Å². The minimum Gasteiger partial charge on any atom is -0.480 e. The van der Waals surface area contributed by atoms with Gasteiger partial charge in [0.1, 0.15) is 18.1 Å². The number of nitrogens with one attached hydrogen (secondary N) is 3. The zero-order valence-corrected chi connectivity index (χ0v) is 19.2. The maximum absolute atomic E-state index is 12.9. The summed E-state index contributed by atoms with van der Waals surface area (Å²) in [7, 11) is 0. The van der Waals surface area contributed by atoms with Gasteiger partial charge in [0, 0.05) is 6.42 Å². The molecule has 0 aliphatic carbocycles. The standard InChI is InChI=1S/C22H34N6O6/c1-13(24)19(30)27-16(12-18(25)29)21(32)26-15(9-5-6-10-23)20(31)28-17(22(33)34)11-14-7-3-2-4-8-14/h2-4,7-8,13,15-17H,5-6,9-12,23-24H2,1H3,(H2,25,29)(H,26,32)(H,27,30)(H,28,31)(H,33,34). The molecule has 1 aromatic rings. The van der Waals surface area contributed by atoms with Crippen LogP contribution in [0.3, 0.4) is 0 Å². The summed E-state index contributed by atoms with van der Waals surface area (Å²) < 4.78 is 0. The third kappa shape index (κ3) is 10.4. The van der Waals surface area contributed by atoms with Crippen LogP contribution in [0, 0.1) is 0 Å². The summed E-state index contributed by atoms with van der Waals surface area (Å²) >= 11 is 0. The van der Waals surface area contributed by atoms with E-state index in [0.29, 0.717) is 24.9 Å². The topological polar surface area (TPSA) is 220 Å². The van der Waals surface area contributed by atoms with E-state index in [1.807, 2.05) is 0 Å². The monoisotopic (exact) mass is 478 g/mol. The summed E-state index contributed by atoms with van der Waals surface area (Å²) in [4.78, 5) is 60.8. The van der Waals surface area contributed by atoms with Gasteiger partial charge in [0.2, 0.25) is 23.6 Å². The van der Waals surface area contributed by atoms with Gasteiger partial charge in [-0.05, 0) is 38.3 Å². The summed E-state index contributed by atoms with van der Waals surface area (Å²) in [5.74, 6) is -4.30. The number of benzene rings is 1. The van der Waals surface area contributed by atoms with Gasteiger partial charge in [-0.2, -0.15) is 0 Å². The van der Waals surface area contributed by atoms with Crippen molar-refractivity contribution >= 4 is 29.6 Å². The Labute approximate surface area is 198 Å². The van der Waals surface area contributed by atoms with Gasteiger partial charge in [-0.25, -0.2) is 4.79 Å². The van der Waals surface area contributed by atoms with Gasteiger partial charge in [-0.3, -0.25) is 19.2 Å². The number of primary amides is 1. The number of amides is 4. The van der Waals surface area contributed by atoms with Crippen LogP contribution in [0.15, 0.2) is 30.3 Å². The number of nitrogens with two attached hydrogens (primary N) is 3. The van der Waals surface area contributed by atoms with Gasteiger partial charge in [0.25, 0.3) is 0 Å². The Bertz CT molecular complexity index is 848. The minimum atomic E-state index is -1.35. The highest BCUT2D eigenvalue weighted by Gasteiger charge is 2.30. The summed E-state index contributed by atoms with van der Waals surface area (Å²) in [6.45, 7) is 1.76. The number of carbonyl (C=O) groups excluding carboxylic acids is 4. The van der Waals surface area contributed by atoms with Crippen molar-refractivity contribution in [3.05, 3.63) is 35.9 Å². The highest BCUT2D eigenvalue weighted by molar-refractivity contribution is 5.96. The molecule has 0 saturated heterocycles. The average molecular weight is 479 g/mol. The molecule has 10 N–H and O–H groups in total. The van der Waals surface area contributed by atoms with Crippen LogP contribution >= 0.6 is 0 Å². The molecule has 12 nitrogen and oxygen atoms in total. The third-order valence-corrected chi connectivity index (χ3v) is 4.93. The Morgan fingerprint density at radius 1 is 0.882 bits per heavy atom. The van der Waals surface area contributed by atoms with Crippen molar-refractivity contribution in [3.8, 4) is 0 Å². The Morgan fingerprint density at radius 2 is 1.44 bits per heavy atom. The predicted molar refractivity (Wildman–Crippen MR) is 124 cm³/mol. The molecule has 0 radical (unpaired) electrons. The molecular formula is C22H34N6O6. The fourth-order valence-electron chi connectivity index (χ4n) is 3.07. The number of carboxylic acid groups (broad SMARTS) is 1. The smallest absolute Gasteiger partial charge is 0.326 e. The SMILES string of the molecule is CC(N)C(=O)NC(CC(N)=O)C(=O)NC(CCCCN)C(=O)NC(Cc1ccccc1)C(=O)O. The lowest BCUT2D eigenvalue weighted by Gasteiger charge is -2.24. The zero-order chi connectivity index (χ0) is 25.7. The number of rotatable bonds is 15. The highest BCUT2D eigenvalue weighted by Crippen LogP contribution is 2.07. The first-order valence-corrected chi connectivity index (χ1v) is 11.0. The van der Waals surface area contributed by atoms with Crippen molar-refractivity contribution in [1.82, 2.24) is 16.0 Å². The van der Waals surface area contributed by atoms with Crippen LogP contribution in [-0.4, -0.2) is 65.4 Å². The maximum Gasteiger partial charge on any atom is 0.326 e. The molecule has 0 bridgehead atoms. The molecule has 0 spiro atoms. The molecule has 34 heavy (non-hydrogen) atoms. The van der Waals surface area contributed by atoms with E-state index in [0.717, 1.165) is 0 Å². The number of hydrogen-bond acceptors (Lipinski definition) is 7. The van der Waals surface area contributed by atoms with Gasteiger partial charge in [0.05, 0.1) is 12.5 Å². The Hall–Kier alpha value is -3.51. The van der Waals surface area contributed by atoms with E-state index in [2.05, 4.69) is 16.0 Å². The second-order valence-corrected chi connectivity index (χ2v) is 7.96. The molecule has 0 saturated carbocycles. The molecule has 4 amide bonds. The van der Waals surface area contributed by atoms with E-state index in [-0.39, 0.29) is 12.8 Å². The molecular weight excluding hydrogens is 444 g/mol. The van der Waals surface area contributed by atoms with E-state index >= 15 is 0 Å². The summed E-state index contributed by atoms with van der Waals surface area (Å²) in [5.41, 5.74) is 16.9. The molecule has 188 valence electrons.